The van der Waals surface area contributed by atoms with Crippen LogP contribution in [0.4, 0.5) is 18.9 Å². The number of hydrogen-bond donors (Lipinski definition) is 1. The van der Waals surface area contributed by atoms with Crippen molar-refractivity contribution >= 4 is 23.4 Å². The molecule has 0 bridgehead atoms. The molecule has 16 heavy (non-hydrogen) atoms. The van der Waals surface area contributed by atoms with Crippen LogP contribution in [0.15, 0.2) is 24.3 Å². The lowest BCUT2D eigenvalue weighted by Crippen LogP contribution is -2.14. The zero-order valence-corrected chi connectivity index (χ0v) is 9.28. The summed E-state index contributed by atoms with van der Waals surface area (Å²) in [5.41, 5.74) is -0.608. The molecule has 0 fully saturated rings. The molecule has 0 heterocycles. The highest BCUT2D eigenvalue weighted by Gasteiger charge is 2.30. The lowest BCUT2D eigenvalue weighted by molar-refractivity contribution is -0.137. The Morgan fingerprint density at radius 2 is 2.12 bits per heavy atom. The highest BCUT2D eigenvalue weighted by Crippen LogP contribution is 2.30. The van der Waals surface area contributed by atoms with E-state index in [1.807, 2.05) is 0 Å². The van der Waals surface area contributed by atoms with E-state index in [0.29, 0.717) is 0 Å². The summed E-state index contributed by atoms with van der Waals surface area (Å²) < 4.78 is 37.0. The van der Waals surface area contributed by atoms with Crippen LogP contribution in [0.2, 0.25) is 0 Å². The molecule has 0 spiro atoms. The summed E-state index contributed by atoms with van der Waals surface area (Å²) in [6.07, 6.45) is -2.65. The predicted octanol–water partition coefficient (Wildman–Crippen LogP) is 3.01. The number of amides is 1. The van der Waals surface area contributed by atoms with Crippen LogP contribution in [-0.2, 0) is 11.0 Å². The molecule has 0 radical (unpaired) electrons. The molecule has 0 unspecified atom stereocenters. The second kappa shape index (κ2) is 5.25. The maximum Gasteiger partial charge on any atom is 0.416 e. The number of rotatable bonds is 3. The standard InChI is InChI=1S/C10H10F3NOS/c1-16-6-9(15)14-8-4-2-3-7(5-8)10(11,12)13/h2-5H,6H2,1H3,(H,14,15). The van der Waals surface area contributed by atoms with E-state index >= 15 is 0 Å². The molecule has 0 saturated heterocycles. The van der Waals surface area contributed by atoms with Gasteiger partial charge in [0.1, 0.15) is 0 Å². The van der Waals surface area contributed by atoms with Gasteiger partial charge in [0.05, 0.1) is 11.3 Å². The molecule has 0 saturated carbocycles. The molecule has 0 atom stereocenters. The van der Waals surface area contributed by atoms with Gasteiger partial charge in [-0.1, -0.05) is 6.07 Å². The van der Waals surface area contributed by atoms with Crippen LogP contribution in [0.25, 0.3) is 0 Å². The predicted molar refractivity (Wildman–Crippen MR) is 58.5 cm³/mol. The summed E-state index contributed by atoms with van der Waals surface area (Å²) in [5, 5.41) is 2.40. The van der Waals surface area contributed by atoms with Crippen LogP contribution in [0.1, 0.15) is 5.56 Å². The molecule has 88 valence electrons. The Labute approximate surface area is 95.2 Å². The second-order valence-corrected chi connectivity index (χ2v) is 3.93. The molecule has 1 aromatic rings. The number of anilines is 1. The monoisotopic (exact) mass is 249 g/mol. The lowest BCUT2D eigenvalue weighted by atomic mass is 10.2. The van der Waals surface area contributed by atoms with Crippen molar-refractivity contribution in [3.63, 3.8) is 0 Å². The van der Waals surface area contributed by atoms with Crippen LogP contribution < -0.4 is 5.32 Å². The van der Waals surface area contributed by atoms with Gasteiger partial charge in [0.15, 0.2) is 0 Å². The zero-order chi connectivity index (χ0) is 12.2. The van der Waals surface area contributed by atoms with Gasteiger partial charge in [0.25, 0.3) is 0 Å². The molecular formula is C10H10F3NOS. The van der Waals surface area contributed by atoms with Crippen LogP contribution in [0, 0.1) is 0 Å². The Hall–Kier alpha value is -1.17. The van der Waals surface area contributed by atoms with Crippen LogP contribution >= 0.6 is 11.8 Å². The third-order valence-electron chi connectivity index (χ3n) is 1.75. The van der Waals surface area contributed by atoms with E-state index < -0.39 is 11.7 Å². The fourth-order valence-corrected chi connectivity index (χ4v) is 1.44. The zero-order valence-electron chi connectivity index (χ0n) is 8.47. The van der Waals surface area contributed by atoms with Gasteiger partial charge in [-0.05, 0) is 24.5 Å². The summed E-state index contributed by atoms with van der Waals surface area (Å²) in [4.78, 5) is 11.2. The number of carbonyl (C=O) groups excluding carboxylic acids is 1. The summed E-state index contributed by atoms with van der Waals surface area (Å²) in [6.45, 7) is 0. The number of halogens is 3. The number of nitrogens with one attached hydrogen (secondary N) is 1. The number of hydrogen-bond acceptors (Lipinski definition) is 2. The highest BCUT2D eigenvalue weighted by atomic mass is 32.2. The Morgan fingerprint density at radius 1 is 1.44 bits per heavy atom. The molecule has 1 rings (SSSR count). The summed E-state index contributed by atoms with van der Waals surface area (Å²) >= 11 is 1.30. The van der Waals surface area contributed by atoms with Crippen LogP contribution in [0.3, 0.4) is 0 Å². The van der Waals surface area contributed by atoms with E-state index in [1.165, 1.54) is 23.9 Å². The molecular weight excluding hydrogens is 239 g/mol. The van der Waals surface area contributed by atoms with Crippen molar-refractivity contribution in [1.29, 1.82) is 0 Å². The van der Waals surface area contributed by atoms with Gasteiger partial charge in [-0.25, -0.2) is 0 Å². The van der Waals surface area contributed by atoms with E-state index in [4.69, 9.17) is 0 Å². The van der Waals surface area contributed by atoms with Crippen molar-refractivity contribution < 1.29 is 18.0 Å². The molecule has 0 aromatic heterocycles. The highest BCUT2D eigenvalue weighted by molar-refractivity contribution is 7.99. The third-order valence-corrected chi connectivity index (χ3v) is 2.30. The maximum atomic E-state index is 12.3. The number of thioether (sulfide) groups is 1. The minimum absolute atomic E-state index is 0.161. The Morgan fingerprint density at radius 3 is 2.69 bits per heavy atom. The first-order valence-corrected chi connectivity index (χ1v) is 5.79. The van der Waals surface area contributed by atoms with Gasteiger partial charge >= 0.3 is 6.18 Å². The van der Waals surface area contributed by atoms with Crippen molar-refractivity contribution in [2.75, 3.05) is 17.3 Å². The molecule has 6 heteroatoms. The van der Waals surface area contributed by atoms with Crippen molar-refractivity contribution in [1.82, 2.24) is 0 Å². The van der Waals surface area contributed by atoms with Crippen molar-refractivity contribution in [3.8, 4) is 0 Å². The molecule has 0 aliphatic rings. The van der Waals surface area contributed by atoms with Crippen LogP contribution in [-0.4, -0.2) is 17.9 Å². The van der Waals surface area contributed by atoms with Gasteiger partial charge in [-0.2, -0.15) is 24.9 Å². The topological polar surface area (TPSA) is 29.1 Å². The molecule has 0 aliphatic heterocycles. The Bertz CT molecular complexity index is 379. The first-order valence-electron chi connectivity index (χ1n) is 4.39. The first kappa shape index (κ1) is 12.9. The first-order chi connectivity index (χ1) is 7.43. The Kier molecular flexibility index (Phi) is 4.23. The fourth-order valence-electron chi connectivity index (χ4n) is 1.10. The van der Waals surface area contributed by atoms with Crippen molar-refractivity contribution in [3.05, 3.63) is 29.8 Å². The third kappa shape index (κ3) is 3.77. The average Bonchev–Trinajstić information content (AvgIpc) is 2.17. The number of benzene rings is 1. The molecule has 1 amide bonds. The van der Waals surface area contributed by atoms with E-state index in [2.05, 4.69) is 5.32 Å². The SMILES string of the molecule is CSCC(=O)Nc1cccc(C(F)(F)F)c1. The van der Waals surface area contributed by atoms with Gasteiger partial charge in [-0.3, -0.25) is 4.79 Å². The van der Waals surface area contributed by atoms with Crippen molar-refractivity contribution in [2.45, 2.75) is 6.18 Å². The molecule has 1 N–H and O–H groups in total. The van der Waals surface area contributed by atoms with E-state index in [-0.39, 0.29) is 17.3 Å². The quantitative estimate of drug-likeness (QED) is 0.892. The average molecular weight is 249 g/mol. The second-order valence-electron chi connectivity index (χ2n) is 3.06. The maximum absolute atomic E-state index is 12.3. The van der Waals surface area contributed by atoms with Gasteiger partial charge in [0.2, 0.25) is 5.91 Å². The van der Waals surface area contributed by atoms with E-state index in [9.17, 15) is 18.0 Å². The van der Waals surface area contributed by atoms with Crippen LogP contribution in [0.5, 0.6) is 0 Å². The van der Waals surface area contributed by atoms with Gasteiger partial charge < -0.3 is 5.32 Å². The minimum Gasteiger partial charge on any atom is -0.325 e. The summed E-state index contributed by atoms with van der Waals surface area (Å²) in [6, 6.07) is 4.56. The normalized spacial score (nSPS) is 11.2. The summed E-state index contributed by atoms with van der Waals surface area (Å²) in [5.74, 6) is -0.0946. The largest absolute Gasteiger partial charge is 0.416 e. The molecule has 2 nitrogen and oxygen atoms in total. The fraction of sp³-hybridized carbons (Fsp3) is 0.300. The minimum atomic E-state index is -4.39. The van der Waals surface area contributed by atoms with E-state index in [1.54, 1.807) is 6.26 Å². The molecule has 0 aliphatic carbocycles. The van der Waals surface area contributed by atoms with Gasteiger partial charge in [-0.15, -0.1) is 0 Å². The summed E-state index contributed by atoms with van der Waals surface area (Å²) in [7, 11) is 0. The number of alkyl halides is 3. The number of carbonyl (C=O) groups is 1. The van der Waals surface area contributed by atoms with E-state index in [0.717, 1.165) is 12.1 Å². The lowest BCUT2D eigenvalue weighted by Gasteiger charge is -2.09. The Balaban J connectivity index is 2.79. The van der Waals surface area contributed by atoms with Crippen molar-refractivity contribution in [2.24, 2.45) is 0 Å². The van der Waals surface area contributed by atoms with Gasteiger partial charge in [0, 0.05) is 5.69 Å². The smallest absolute Gasteiger partial charge is 0.325 e. The molecule has 1 aromatic carbocycles.